The average Bonchev–Trinajstić information content (AvgIpc) is 2.26. The Morgan fingerprint density at radius 2 is 2.20 bits per heavy atom. The number of halogens is 1. The highest BCUT2D eigenvalue weighted by molar-refractivity contribution is 5.32. The Bertz CT molecular complexity index is 314. The van der Waals surface area contributed by atoms with Crippen LogP contribution in [0.1, 0.15) is 37.8 Å². The largest absolute Gasteiger partial charge is 0.494 e. The highest BCUT2D eigenvalue weighted by atomic mass is 19.1. The van der Waals surface area contributed by atoms with Crippen LogP contribution in [0.3, 0.4) is 0 Å². The number of hydrogen-bond donors (Lipinski definition) is 1. The molecule has 0 unspecified atom stereocenters. The van der Waals surface area contributed by atoms with Crippen LogP contribution in [-0.4, -0.2) is 7.11 Å². The minimum Gasteiger partial charge on any atom is -0.494 e. The molecular weight excluding hydrogens is 193 g/mol. The molecule has 0 aliphatic carbocycles. The summed E-state index contributed by atoms with van der Waals surface area (Å²) in [4.78, 5) is 0. The molecular formula is C12H18FNO. The van der Waals surface area contributed by atoms with Crippen molar-refractivity contribution in [2.24, 2.45) is 5.73 Å². The van der Waals surface area contributed by atoms with Crippen molar-refractivity contribution < 1.29 is 9.13 Å². The maximum atomic E-state index is 13.7. The van der Waals surface area contributed by atoms with Crippen molar-refractivity contribution in [2.75, 3.05) is 7.11 Å². The fourth-order valence-electron chi connectivity index (χ4n) is 1.55. The van der Waals surface area contributed by atoms with Crippen LogP contribution in [0.5, 0.6) is 5.75 Å². The molecule has 2 nitrogen and oxygen atoms in total. The Labute approximate surface area is 90.2 Å². The molecule has 0 aliphatic rings. The maximum Gasteiger partial charge on any atom is 0.169 e. The summed E-state index contributed by atoms with van der Waals surface area (Å²) in [6.45, 7) is 2.09. The van der Waals surface area contributed by atoms with Gasteiger partial charge in [-0.1, -0.05) is 31.9 Å². The van der Waals surface area contributed by atoms with Crippen molar-refractivity contribution in [1.29, 1.82) is 0 Å². The van der Waals surface area contributed by atoms with Crippen LogP contribution in [0, 0.1) is 5.82 Å². The Balaban J connectivity index is 2.83. The summed E-state index contributed by atoms with van der Waals surface area (Å²) in [6, 6.07) is 4.85. The number of ether oxygens (including phenoxy) is 1. The Kier molecular flexibility index (Phi) is 4.56. The molecule has 0 radical (unpaired) electrons. The fourth-order valence-corrected chi connectivity index (χ4v) is 1.55. The quantitative estimate of drug-likeness (QED) is 0.812. The lowest BCUT2D eigenvalue weighted by molar-refractivity contribution is 0.381. The van der Waals surface area contributed by atoms with Gasteiger partial charge in [0, 0.05) is 11.6 Å². The van der Waals surface area contributed by atoms with Gasteiger partial charge in [0.25, 0.3) is 0 Å². The highest BCUT2D eigenvalue weighted by Gasteiger charge is 2.14. The van der Waals surface area contributed by atoms with Gasteiger partial charge in [0.1, 0.15) is 0 Å². The van der Waals surface area contributed by atoms with E-state index in [0.29, 0.717) is 5.56 Å². The summed E-state index contributed by atoms with van der Waals surface area (Å²) in [5, 5.41) is 0. The van der Waals surface area contributed by atoms with Gasteiger partial charge in [0.15, 0.2) is 11.6 Å². The second kappa shape index (κ2) is 5.71. The van der Waals surface area contributed by atoms with E-state index in [0.717, 1.165) is 19.3 Å². The molecule has 3 heteroatoms. The molecule has 2 N–H and O–H groups in total. The zero-order valence-electron chi connectivity index (χ0n) is 9.29. The SMILES string of the molecule is CCCC[C@@H](N)c1cccc(OC)c1F. The van der Waals surface area contributed by atoms with E-state index >= 15 is 0 Å². The van der Waals surface area contributed by atoms with Crippen molar-refractivity contribution in [3.05, 3.63) is 29.6 Å². The molecule has 0 aromatic heterocycles. The molecule has 0 spiro atoms. The monoisotopic (exact) mass is 211 g/mol. The van der Waals surface area contributed by atoms with E-state index in [1.807, 2.05) is 0 Å². The van der Waals surface area contributed by atoms with Crippen molar-refractivity contribution in [1.82, 2.24) is 0 Å². The van der Waals surface area contributed by atoms with E-state index in [4.69, 9.17) is 10.5 Å². The summed E-state index contributed by atoms with van der Waals surface area (Å²) in [6.07, 6.45) is 2.89. The lowest BCUT2D eigenvalue weighted by Gasteiger charge is -2.13. The van der Waals surface area contributed by atoms with E-state index in [-0.39, 0.29) is 17.6 Å². The normalized spacial score (nSPS) is 12.5. The zero-order chi connectivity index (χ0) is 11.3. The Morgan fingerprint density at radius 1 is 1.47 bits per heavy atom. The standard InChI is InChI=1S/C12H18FNO/c1-3-4-7-10(14)9-6-5-8-11(15-2)12(9)13/h5-6,8,10H,3-4,7,14H2,1-2H3/t10-/m1/s1. The van der Waals surface area contributed by atoms with E-state index in [1.54, 1.807) is 18.2 Å². The number of nitrogens with two attached hydrogens (primary N) is 1. The predicted molar refractivity (Wildman–Crippen MR) is 59.4 cm³/mol. The lowest BCUT2D eigenvalue weighted by atomic mass is 10.0. The molecule has 1 rings (SSSR count). The number of benzene rings is 1. The molecule has 1 atom stereocenters. The molecule has 0 aliphatic heterocycles. The molecule has 15 heavy (non-hydrogen) atoms. The van der Waals surface area contributed by atoms with Gasteiger partial charge in [-0.2, -0.15) is 0 Å². The number of methoxy groups -OCH3 is 1. The van der Waals surface area contributed by atoms with Crippen molar-refractivity contribution in [3.63, 3.8) is 0 Å². The van der Waals surface area contributed by atoms with Crippen LogP contribution in [0.2, 0.25) is 0 Å². The number of unbranched alkanes of at least 4 members (excludes halogenated alkanes) is 1. The topological polar surface area (TPSA) is 35.2 Å². The predicted octanol–water partition coefficient (Wildman–Crippen LogP) is 3.02. The first kappa shape index (κ1) is 12.0. The van der Waals surface area contributed by atoms with E-state index in [2.05, 4.69) is 6.92 Å². The Hall–Kier alpha value is -1.09. The van der Waals surface area contributed by atoms with Gasteiger partial charge in [-0.15, -0.1) is 0 Å². The van der Waals surface area contributed by atoms with Crippen molar-refractivity contribution >= 4 is 0 Å². The molecule has 1 aromatic carbocycles. The summed E-state index contributed by atoms with van der Waals surface area (Å²) >= 11 is 0. The van der Waals surface area contributed by atoms with Crippen LogP contribution in [0.4, 0.5) is 4.39 Å². The van der Waals surface area contributed by atoms with Crippen molar-refractivity contribution in [3.8, 4) is 5.75 Å². The van der Waals surface area contributed by atoms with Crippen LogP contribution >= 0.6 is 0 Å². The van der Waals surface area contributed by atoms with Crippen LogP contribution in [-0.2, 0) is 0 Å². The Morgan fingerprint density at radius 3 is 2.80 bits per heavy atom. The minimum absolute atomic E-state index is 0.236. The van der Waals surface area contributed by atoms with Gasteiger partial charge in [0.05, 0.1) is 7.11 Å². The van der Waals surface area contributed by atoms with Gasteiger partial charge in [-0.3, -0.25) is 0 Å². The van der Waals surface area contributed by atoms with Gasteiger partial charge < -0.3 is 10.5 Å². The molecule has 0 saturated carbocycles. The van der Waals surface area contributed by atoms with Gasteiger partial charge >= 0.3 is 0 Å². The van der Waals surface area contributed by atoms with E-state index in [1.165, 1.54) is 7.11 Å². The first-order valence-corrected chi connectivity index (χ1v) is 5.28. The maximum absolute atomic E-state index is 13.7. The van der Waals surface area contributed by atoms with Crippen LogP contribution in [0.15, 0.2) is 18.2 Å². The lowest BCUT2D eigenvalue weighted by Crippen LogP contribution is -2.12. The summed E-state index contributed by atoms with van der Waals surface area (Å²) in [5.41, 5.74) is 6.45. The van der Waals surface area contributed by atoms with Gasteiger partial charge in [0.2, 0.25) is 0 Å². The smallest absolute Gasteiger partial charge is 0.169 e. The fraction of sp³-hybridized carbons (Fsp3) is 0.500. The summed E-state index contributed by atoms with van der Waals surface area (Å²) < 4.78 is 18.7. The zero-order valence-corrected chi connectivity index (χ0v) is 9.29. The second-order valence-corrected chi connectivity index (χ2v) is 3.61. The minimum atomic E-state index is -0.330. The first-order chi connectivity index (χ1) is 7.20. The number of rotatable bonds is 5. The van der Waals surface area contributed by atoms with E-state index < -0.39 is 0 Å². The van der Waals surface area contributed by atoms with Gasteiger partial charge in [-0.05, 0) is 12.5 Å². The summed E-state index contributed by atoms with van der Waals surface area (Å²) in [7, 11) is 1.46. The molecule has 0 fully saturated rings. The molecule has 0 heterocycles. The van der Waals surface area contributed by atoms with E-state index in [9.17, 15) is 4.39 Å². The average molecular weight is 211 g/mol. The van der Waals surface area contributed by atoms with Crippen molar-refractivity contribution in [2.45, 2.75) is 32.2 Å². The third-order valence-electron chi connectivity index (χ3n) is 2.48. The molecule has 84 valence electrons. The summed E-state index contributed by atoms with van der Waals surface area (Å²) in [5.74, 6) is -0.0666. The van der Waals surface area contributed by atoms with Gasteiger partial charge in [-0.25, -0.2) is 4.39 Å². The highest BCUT2D eigenvalue weighted by Crippen LogP contribution is 2.26. The van der Waals surface area contributed by atoms with Crippen LogP contribution < -0.4 is 10.5 Å². The molecule has 0 amide bonds. The molecule has 0 saturated heterocycles. The van der Waals surface area contributed by atoms with Crippen LogP contribution in [0.25, 0.3) is 0 Å². The third kappa shape index (κ3) is 2.93. The third-order valence-corrected chi connectivity index (χ3v) is 2.48. The first-order valence-electron chi connectivity index (χ1n) is 5.28. The second-order valence-electron chi connectivity index (χ2n) is 3.61. The molecule has 0 bridgehead atoms. The number of hydrogen-bond acceptors (Lipinski definition) is 2. The molecule has 1 aromatic rings.